The van der Waals surface area contributed by atoms with Gasteiger partial charge < -0.3 is 14.8 Å². The number of amides is 2. The Morgan fingerprint density at radius 2 is 2.11 bits per heavy atom. The summed E-state index contributed by atoms with van der Waals surface area (Å²) in [6.07, 6.45) is -0.797. The minimum atomic E-state index is -0.539. The smallest absolute Gasteiger partial charge is 0.410 e. The predicted molar refractivity (Wildman–Crippen MR) is 65.4 cm³/mol. The van der Waals surface area contributed by atoms with Gasteiger partial charge in [0.15, 0.2) is 5.60 Å². The third-order valence-corrected chi connectivity index (χ3v) is 3.29. The lowest BCUT2D eigenvalue weighted by atomic mass is 9.95. The molecule has 0 saturated carbocycles. The standard InChI is InChI=1S/C13H14N2O4/c16-11-14-7-13(19-11)8-15(9-13)12(17)18-6-10-4-2-1-3-5-10/h1-5H,6-9H2,(H,14,16). The molecule has 0 bridgehead atoms. The summed E-state index contributed by atoms with van der Waals surface area (Å²) in [7, 11) is 0. The first-order valence-corrected chi connectivity index (χ1v) is 6.09. The highest BCUT2D eigenvalue weighted by Crippen LogP contribution is 2.28. The van der Waals surface area contributed by atoms with Crippen molar-refractivity contribution in [3.8, 4) is 0 Å². The van der Waals surface area contributed by atoms with Gasteiger partial charge in [0.1, 0.15) is 6.61 Å². The molecule has 2 saturated heterocycles. The second kappa shape index (κ2) is 4.46. The van der Waals surface area contributed by atoms with Crippen molar-refractivity contribution in [2.45, 2.75) is 12.2 Å². The van der Waals surface area contributed by atoms with Crippen LogP contribution in [0.15, 0.2) is 30.3 Å². The number of nitrogens with zero attached hydrogens (tertiary/aromatic N) is 1. The van der Waals surface area contributed by atoms with Crippen LogP contribution in [0.4, 0.5) is 9.59 Å². The lowest BCUT2D eigenvalue weighted by Crippen LogP contribution is -2.65. The Balaban J connectivity index is 1.47. The van der Waals surface area contributed by atoms with Crippen LogP contribution in [-0.4, -0.2) is 42.3 Å². The van der Waals surface area contributed by atoms with Crippen LogP contribution in [0.2, 0.25) is 0 Å². The van der Waals surface area contributed by atoms with Gasteiger partial charge in [0.2, 0.25) is 0 Å². The molecule has 2 amide bonds. The Labute approximate surface area is 110 Å². The number of carbonyl (C=O) groups is 2. The van der Waals surface area contributed by atoms with E-state index in [1.165, 1.54) is 4.90 Å². The molecule has 2 heterocycles. The topological polar surface area (TPSA) is 67.9 Å². The number of rotatable bonds is 2. The summed E-state index contributed by atoms with van der Waals surface area (Å²) < 4.78 is 10.3. The van der Waals surface area contributed by atoms with E-state index in [1.54, 1.807) is 0 Å². The number of ether oxygens (including phenoxy) is 2. The molecule has 0 unspecified atom stereocenters. The van der Waals surface area contributed by atoms with E-state index in [0.717, 1.165) is 5.56 Å². The summed E-state index contributed by atoms with van der Waals surface area (Å²) >= 11 is 0. The third kappa shape index (κ3) is 2.33. The Bertz CT molecular complexity index is 497. The zero-order chi connectivity index (χ0) is 13.3. The fourth-order valence-corrected chi connectivity index (χ4v) is 2.27. The van der Waals surface area contributed by atoms with E-state index in [1.807, 2.05) is 30.3 Å². The van der Waals surface area contributed by atoms with Gasteiger partial charge in [0.05, 0.1) is 19.6 Å². The maximum atomic E-state index is 11.8. The Hall–Kier alpha value is -2.24. The average Bonchev–Trinajstić information content (AvgIpc) is 2.78. The van der Waals surface area contributed by atoms with Crippen LogP contribution in [0, 0.1) is 0 Å². The average molecular weight is 262 g/mol. The molecule has 0 aliphatic carbocycles. The van der Waals surface area contributed by atoms with E-state index in [-0.39, 0.29) is 12.7 Å². The zero-order valence-corrected chi connectivity index (χ0v) is 10.3. The van der Waals surface area contributed by atoms with Gasteiger partial charge in [-0.3, -0.25) is 4.90 Å². The van der Waals surface area contributed by atoms with Crippen LogP contribution in [-0.2, 0) is 16.1 Å². The predicted octanol–water partition coefficient (Wildman–Crippen LogP) is 1.12. The number of alkyl carbamates (subject to hydrolysis) is 1. The molecule has 100 valence electrons. The van der Waals surface area contributed by atoms with Crippen LogP contribution < -0.4 is 5.32 Å². The van der Waals surface area contributed by atoms with Gasteiger partial charge in [-0.15, -0.1) is 0 Å². The lowest BCUT2D eigenvalue weighted by molar-refractivity contribution is -0.0666. The van der Waals surface area contributed by atoms with E-state index >= 15 is 0 Å². The number of benzene rings is 1. The maximum Gasteiger partial charge on any atom is 0.410 e. The molecule has 2 fully saturated rings. The molecule has 6 nitrogen and oxygen atoms in total. The van der Waals surface area contributed by atoms with Gasteiger partial charge in [-0.1, -0.05) is 30.3 Å². The normalized spacial score (nSPS) is 19.6. The van der Waals surface area contributed by atoms with Gasteiger partial charge in [-0.2, -0.15) is 0 Å². The molecular formula is C13H14N2O4. The second-order valence-electron chi connectivity index (χ2n) is 4.82. The number of likely N-dealkylation sites (tertiary alicyclic amines) is 1. The largest absolute Gasteiger partial charge is 0.445 e. The molecule has 1 spiro atoms. The van der Waals surface area contributed by atoms with Gasteiger partial charge >= 0.3 is 12.2 Å². The first-order valence-electron chi connectivity index (χ1n) is 6.09. The quantitative estimate of drug-likeness (QED) is 0.867. The monoisotopic (exact) mass is 262 g/mol. The van der Waals surface area contributed by atoms with E-state index < -0.39 is 11.7 Å². The van der Waals surface area contributed by atoms with E-state index in [2.05, 4.69) is 5.32 Å². The summed E-state index contributed by atoms with van der Waals surface area (Å²) in [5, 5.41) is 2.59. The highest BCUT2D eigenvalue weighted by molar-refractivity contribution is 5.73. The van der Waals surface area contributed by atoms with Crippen molar-refractivity contribution < 1.29 is 19.1 Å². The van der Waals surface area contributed by atoms with Gasteiger partial charge in [-0.05, 0) is 5.56 Å². The molecule has 19 heavy (non-hydrogen) atoms. The van der Waals surface area contributed by atoms with Crippen molar-refractivity contribution in [2.24, 2.45) is 0 Å². The molecule has 0 aromatic heterocycles. The maximum absolute atomic E-state index is 11.8. The van der Waals surface area contributed by atoms with Crippen LogP contribution in [0.3, 0.4) is 0 Å². The number of carbonyl (C=O) groups excluding carboxylic acids is 2. The van der Waals surface area contributed by atoms with Crippen molar-refractivity contribution in [3.05, 3.63) is 35.9 Å². The Kier molecular flexibility index (Phi) is 2.77. The molecule has 1 aromatic carbocycles. The first-order chi connectivity index (χ1) is 9.17. The van der Waals surface area contributed by atoms with Gasteiger partial charge in [0, 0.05) is 0 Å². The van der Waals surface area contributed by atoms with Crippen molar-refractivity contribution in [1.82, 2.24) is 10.2 Å². The third-order valence-electron chi connectivity index (χ3n) is 3.29. The van der Waals surface area contributed by atoms with Gasteiger partial charge in [-0.25, -0.2) is 9.59 Å². The summed E-state index contributed by atoms with van der Waals surface area (Å²) in [6.45, 7) is 1.48. The number of hydrogen-bond donors (Lipinski definition) is 1. The highest BCUT2D eigenvalue weighted by atomic mass is 16.6. The Morgan fingerprint density at radius 3 is 2.74 bits per heavy atom. The van der Waals surface area contributed by atoms with Crippen LogP contribution in [0.1, 0.15) is 5.56 Å². The van der Waals surface area contributed by atoms with E-state index in [0.29, 0.717) is 19.6 Å². The van der Waals surface area contributed by atoms with Gasteiger partial charge in [0.25, 0.3) is 0 Å². The van der Waals surface area contributed by atoms with E-state index in [9.17, 15) is 9.59 Å². The first kappa shape index (κ1) is 11.8. The fraction of sp³-hybridized carbons (Fsp3) is 0.385. The van der Waals surface area contributed by atoms with Crippen LogP contribution >= 0.6 is 0 Å². The molecule has 1 N–H and O–H groups in total. The summed E-state index contributed by atoms with van der Waals surface area (Å²) in [5.74, 6) is 0. The molecular weight excluding hydrogens is 248 g/mol. The summed E-state index contributed by atoms with van der Waals surface area (Å²) in [5.41, 5.74) is 0.406. The van der Waals surface area contributed by atoms with Crippen molar-refractivity contribution in [1.29, 1.82) is 0 Å². The molecule has 0 atom stereocenters. The lowest BCUT2D eigenvalue weighted by Gasteiger charge is -2.44. The fourth-order valence-electron chi connectivity index (χ4n) is 2.27. The minimum Gasteiger partial charge on any atom is -0.445 e. The zero-order valence-electron chi connectivity index (χ0n) is 10.3. The molecule has 6 heteroatoms. The minimum absolute atomic E-state index is 0.251. The second-order valence-corrected chi connectivity index (χ2v) is 4.82. The Morgan fingerprint density at radius 1 is 1.37 bits per heavy atom. The molecule has 2 aliphatic rings. The number of hydrogen-bond acceptors (Lipinski definition) is 4. The summed E-state index contributed by atoms with van der Waals surface area (Å²) in [4.78, 5) is 24.3. The molecule has 1 aromatic rings. The van der Waals surface area contributed by atoms with Crippen molar-refractivity contribution in [2.75, 3.05) is 19.6 Å². The summed E-state index contributed by atoms with van der Waals surface area (Å²) in [6, 6.07) is 9.49. The molecule has 3 rings (SSSR count). The van der Waals surface area contributed by atoms with Crippen molar-refractivity contribution >= 4 is 12.2 Å². The van der Waals surface area contributed by atoms with Crippen LogP contribution in [0.5, 0.6) is 0 Å². The SMILES string of the molecule is O=C1NCC2(CN(C(=O)OCc3ccccc3)C2)O1. The number of nitrogens with one attached hydrogen (secondary N) is 1. The molecule has 0 radical (unpaired) electrons. The molecule has 2 aliphatic heterocycles. The van der Waals surface area contributed by atoms with E-state index in [4.69, 9.17) is 9.47 Å². The highest BCUT2D eigenvalue weighted by Gasteiger charge is 2.52. The van der Waals surface area contributed by atoms with Crippen molar-refractivity contribution in [3.63, 3.8) is 0 Å². The van der Waals surface area contributed by atoms with Crippen LogP contribution in [0.25, 0.3) is 0 Å².